The summed E-state index contributed by atoms with van der Waals surface area (Å²) in [6, 6.07) is 17.0. The molecule has 0 aliphatic rings. The van der Waals surface area contributed by atoms with Crippen molar-refractivity contribution in [2.75, 3.05) is 0 Å². The monoisotopic (exact) mass is 435 g/mol. The molecule has 1 aromatic heterocycles. The Hall–Kier alpha value is -3.30. The van der Waals surface area contributed by atoms with Crippen LogP contribution in [0.25, 0.3) is 0 Å². The molecule has 0 saturated carbocycles. The molecule has 0 spiro atoms. The number of ether oxygens (including phenoxy) is 2. The number of carboxylic acids is 1. The molecule has 0 radical (unpaired) electrons. The number of carbonyl (C=O) groups is 1. The summed E-state index contributed by atoms with van der Waals surface area (Å²) in [5.74, 6) is -0.418. The van der Waals surface area contributed by atoms with Gasteiger partial charge in [0.1, 0.15) is 30.3 Å². The third-order valence-corrected chi connectivity index (χ3v) is 5.94. The molecule has 31 heavy (non-hydrogen) atoms. The molecule has 3 rings (SSSR count). The number of benzene rings is 2. The quantitative estimate of drug-likeness (QED) is 0.414. The summed E-state index contributed by atoms with van der Waals surface area (Å²) in [4.78, 5) is 11.7. The van der Waals surface area contributed by atoms with Crippen molar-refractivity contribution in [3.05, 3.63) is 81.5 Å². The number of nitrogens with zero attached hydrogens (tertiary/aromatic N) is 1. The molecule has 2 unspecified atom stereocenters. The molecule has 0 bridgehead atoms. The van der Waals surface area contributed by atoms with Crippen molar-refractivity contribution < 1.29 is 19.4 Å². The number of aryl methyl sites for hydroxylation is 1. The second-order valence-electron chi connectivity index (χ2n) is 7.33. The van der Waals surface area contributed by atoms with E-state index in [1.54, 1.807) is 29.5 Å². The molecule has 0 fully saturated rings. The van der Waals surface area contributed by atoms with Crippen LogP contribution < -0.4 is 9.47 Å². The summed E-state index contributed by atoms with van der Waals surface area (Å²) in [5.41, 5.74) is 3.37. The molecule has 0 amide bonds. The average molecular weight is 436 g/mol. The van der Waals surface area contributed by atoms with Crippen LogP contribution in [0, 0.1) is 24.2 Å². The highest BCUT2D eigenvalue weighted by molar-refractivity contribution is 7.07. The zero-order valence-corrected chi connectivity index (χ0v) is 18.4. The van der Waals surface area contributed by atoms with Gasteiger partial charge in [-0.3, -0.25) is 4.79 Å². The van der Waals surface area contributed by atoms with Crippen LogP contribution in [0.5, 0.6) is 11.5 Å². The molecule has 1 N–H and O–H groups in total. The number of carboxylic acid groups (broad SMARTS) is 1. The molecule has 0 aliphatic heterocycles. The third kappa shape index (κ3) is 5.87. The van der Waals surface area contributed by atoms with Crippen LogP contribution >= 0.6 is 11.3 Å². The lowest BCUT2D eigenvalue weighted by atomic mass is 9.92. The maximum atomic E-state index is 11.7. The Kier molecular flexibility index (Phi) is 7.69. The van der Waals surface area contributed by atoms with E-state index in [9.17, 15) is 15.2 Å². The van der Waals surface area contributed by atoms with Gasteiger partial charge in [-0.25, -0.2) is 0 Å². The van der Waals surface area contributed by atoms with E-state index in [0.717, 1.165) is 16.7 Å². The average Bonchev–Trinajstić information content (AvgIpc) is 3.29. The number of aliphatic carboxylic acids is 1. The molecule has 0 aliphatic carbocycles. The van der Waals surface area contributed by atoms with Gasteiger partial charge in [-0.05, 0) is 59.0 Å². The Labute approximate surface area is 186 Å². The first-order valence-corrected chi connectivity index (χ1v) is 11.1. The second kappa shape index (κ2) is 10.6. The molecule has 1 heterocycles. The number of rotatable bonds is 10. The van der Waals surface area contributed by atoms with Crippen molar-refractivity contribution in [1.82, 2.24) is 0 Å². The van der Waals surface area contributed by atoms with Gasteiger partial charge in [0.2, 0.25) is 0 Å². The summed E-state index contributed by atoms with van der Waals surface area (Å²) >= 11 is 1.61. The number of hydrogen-bond donors (Lipinski definition) is 1. The first-order valence-electron chi connectivity index (χ1n) is 10.1. The molecule has 2 aromatic carbocycles. The van der Waals surface area contributed by atoms with Crippen molar-refractivity contribution in [3.8, 4) is 17.6 Å². The van der Waals surface area contributed by atoms with Crippen LogP contribution in [0.4, 0.5) is 0 Å². The largest absolute Gasteiger partial charge is 0.489 e. The SMILES string of the molecule is CCC(CC(Oc1cc(OCc2ccsc2)ccc1C#N)c1ccccc1C)C(=O)O. The normalized spacial score (nSPS) is 12.5. The van der Waals surface area contributed by atoms with Crippen molar-refractivity contribution in [2.24, 2.45) is 5.92 Å². The highest BCUT2D eigenvalue weighted by atomic mass is 32.1. The summed E-state index contributed by atoms with van der Waals surface area (Å²) in [6.07, 6.45) is 0.304. The molecule has 160 valence electrons. The highest BCUT2D eigenvalue weighted by Crippen LogP contribution is 2.34. The Balaban J connectivity index is 1.89. The predicted octanol–water partition coefficient (Wildman–Crippen LogP) is 6.13. The molecular formula is C25H25NO4S. The molecular weight excluding hydrogens is 410 g/mol. The Bertz CT molecular complexity index is 1060. The van der Waals surface area contributed by atoms with E-state index in [4.69, 9.17) is 9.47 Å². The highest BCUT2D eigenvalue weighted by Gasteiger charge is 2.25. The van der Waals surface area contributed by atoms with E-state index in [1.165, 1.54) is 0 Å². The number of thiophene rings is 1. The van der Waals surface area contributed by atoms with E-state index >= 15 is 0 Å². The maximum absolute atomic E-state index is 11.7. The van der Waals surface area contributed by atoms with Gasteiger partial charge in [0, 0.05) is 12.5 Å². The van der Waals surface area contributed by atoms with E-state index in [-0.39, 0.29) is 0 Å². The van der Waals surface area contributed by atoms with Crippen molar-refractivity contribution in [2.45, 2.75) is 39.4 Å². The minimum absolute atomic E-state index is 0.307. The molecule has 3 aromatic rings. The molecule has 6 heteroatoms. The van der Waals surface area contributed by atoms with Crippen LogP contribution in [0.15, 0.2) is 59.3 Å². The fourth-order valence-electron chi connectivity index (χ4n) is 3.36. The third-order valence-electron chi connectivity index (χ3n) is 5.20. The van der Waals surface area contributed by atoms with Crippen LogP contribution in [0.2, 0.25) is 0 Å². The summed E-state index contributed by atoms with van der Waals surface area (Å²) in [7, 11) is 0. The minimum Gasteiger partial charge on any atom is -0.489 e. The maximum Gasteiger partial charge on any atom is 0.306 e. The van der Waals surface area contributed by atoms with Gasteiger partial charge in [-0.1, -0.05) is 31.2 Å². The Morgan fingerprint density at radius 3 is 2.68 bits per heavy atom. The van der Waals surface area contributed by atoms with Gasteiger partial charge < -0.3 is 14.6 Å². The smallest absolute Gasteiger partial charge is 0.306 e. The van der Waals surface area contributed by atoms with Crippen molar-refractivity contribution >= 4 is 17.3 Å². The predicted molar refractivity (Wildman–Crippen MR) is 120 cm³/mol. The number of nitriles is 1. The lowest BCUT2D eigenvalue weighted by molar-refractivity contribution is -0.142. The minimum atomic E-state index is -0.849. The van der Waals surface area contributed by atoms with Crippen molar-refractivity contribution in [3.63, 3.8) is 0 Å². The van der Waals surface area contributed by atoms with Gasteiger partial charge in [-0.15, -0.1) is 0 Å². The lowest BCUT2D eigenvalue weighted by Gasteiger charge is -2.24. The van der Waals surface area contributed by atoms with Gasteiger partial charge in [0.25, 0.3) is 0 Å². The summed E-state index contributed by atoms with van der Waals surface area (Å²) in [5, 5.41) is 23.2. The van der Waals surface area contributed by atoms with Crippen molar-refractivity contribution in [1.29, 1.82) is 5.26 Å². The van der Waals surface area contributed by atoms with E-state index in [0.29, 0.717) is 36.5 Å². The first-order chi connectivity index (χ1) is 15.0. The standard InChI is InChI=1S/C25H25NO4S/c1-3-19(25(27)28)12-24(22-7-5-4-6-17(22)2)30-23-13-21(9-8-20(23)14-26)29-15-18-10-11-31-16-18/h4-11,13,16,19,24H,3,12,15H2,1-2H3,(H,27,28). The second-order valence-corrected chi connectivity index (χ2v) is 8.11. The fraction of sp³-hybridized carbons (Fsp3) is 0.280. The zero-order chi connectivity index (χ0) is 22.2. The molecule has 2 atom stereocenters. The Morgan fingerprint density at radius 1 is 1.23 bits per heavy atom. The van der Waals surface area contributed by atoms with E-state index < -0.39 is 18.0 Å². The van der Waals surface area contributed by atoms with E-state index in [2.05, 4.69) is 6.07 Å². The van der Waals surface area contributed by atoms with Gasteiger partial charge in [0.15, 0.2) is 0 Å². The fourth-order valence-corrected chi connectivity index (χ4v) is 4.02. The van der Waals surface area contributed by atoms with Gasteiger partial charge in [0.05, 0.1) is 11.5 Å². The topological polar surface area (TPSA) is 79.5 Å². The van der Waals surface area contributed by atoms with Crippen LogP contribution in [-0.4, -0.2) is 11.1 Å². The summed E-state index contributed by atoms with van der Waals surface area (Å²) < 4.78 is 12.2. The van der Waals surface area contributed by atoms with Gasteiger partial charge >= 0.3 is 5.97 Å². The molecule has 0 saturated heterocycles. The number of hydrogen-bond acceptors (Lipinski definition) is 5. The first kappa shape index (κ1) is 22.4. The summed E-state index contributed by atoms with van der Waals surface area (Å²) in [6.45, 7) is 4.25. The zero-order valence-electron chi connectivity index (χ0n) is 17.6. The van der Waals surface area contributed by atoms with Crippen LogP contribution in [0.1, 0.15) is 48.1 Å². The van der Waals surface area contributed by atoms with E-state index in [1.807, 2.05) is 54.9 Å². The van der Waals surface area contributed by atoms with Crippen LogP contribution in [0.3, 0.4) is 0 Å². The lowest BCUT2D eigenvalue weighted by Crippen LogP contribution is -2.20. The Morgan fingerprint density at radius 2 is 2.03 bits per heavy atom. The molecule has 5 nitrogen and oxygen atoms in total. The van der Waals surface area contributed by atoms with Crippen LogP contribution in [-0.2, 0) is 11.4 Å². The van der Waals surface area contributed by atoms with Gasteiger partial charge in [-0.2, -0.15) is 16.6 Å².